The molecule has 0 radical (unpaired) electrons. The number of aliphatic imine (C=N–C) groups is 1. The fourth-order valence-electron chi connectivity index (χ4n) is 2.76. The van der Waals surface area contributed by atoms with Crippen LogP contribution >= 0.6 is 24.0 Å². The number of nitrogens with zero attached hydrogens (tertiary/aromatic N) is 2. The molecule has 1 aliphatic heterocycles. The normalized spacial score (nSPS) is 19.8. The molecule has 138 valence electrons. The Morgan fingerprint density at radius 1 is 1.26 bits per heavy atom. The molecule has 1 aliphatic rings. The maximum absolute atomic E-state index is 12.4. The summed E-state index contributed by atoms with van der Waals surface area (Å²) in [7, 11) is 1.72. The Kier molecular flexibility index (Phi) is 11.2. The van der Waals surface area contributed by atoms with E-state index in [1.165, 1.54) is 4.90 Å². The number of alkyl halides is 3. The van der Waals surface area contributed by atoms with Crippen LogP contribution in [0.3, 0.4) is 0 Å². The minimum absolute atomic E-state index is 0. The summed E-state index contributed by atoms with van der Waals surface area (Å²) >= 11 is 0. The van der Waals surface area contributed by atoms with Gasteiger partial charge in [0, 0.05) is 26.7 Å². The van der Waals surface area contributed by atoms with Gasteiger partial charge in [-0.05, 0) is 24.8 Å². The van der Waals surface area contributed by atoms with E-state index in [0.717, 1.165) is 31.8 Å². The summed E-state index contributed by atoms with van der Waals surface area (Å²) in [4.78, 5) is 5.65. The minimum Gasteiger partial charge on any atom is -0.356 e. The predicted octanol–water partition coefficient (Wildman–Crippen LogP) is 3.09. The summed E-state index contributed by atoms with van der Waals surface area (Å²) in [5.41, 5.74) is 0. The number of nitrogens with one attached hydrogen (secondary N) is 2. The zero-order valence-electron chi connectivity index (χ0n) is 14.2. The van der Waals surface area contributed by atoms with Gasteiger partial charge in [-0.25, -0.2) is 0 Å². The molecule has 0 aromatic carbocycles. The molecule has 0 aromatic heterocycles. The number of hydrogen-bond donors (Lipinski definition) is 2. The third kappa shape index (κ3) is 9.59. The van der Waals surface area contributed by atoms with Crippen LogP contribution in [-0.2, 0) is 0 Å². The van der Waals surface area contributed by atoms with Crippen LogP contribution in [0.5, 0.6) is 0 Å². The van der Waals surface area contributed by atoms with Crippen molar-refractivity contribution in [2.24, 2.45) is 16.8 Å². The Bertz CT molecular complexity index is 346. The molecule has 1 heterocycles. The monoisotopic (exact) mass is 450 g/mol. The number of halogens is 4. The van der Waals surface area contributed by atoms with Gasteiger partial charge in [-0.2, -0.15) is 13.2 Å². The molecule has 0 aromatic rings. The molecule has 1 unspecified atom stereocenters. The van der Waals surface area contributed by atoms with Crippen molar-refractivity contribution < 1.29 is 13.2 Å². The van der Waals surface area contributed by atoms with Gasteiger partial charge in [0.1, 0.15) is 0 Å². The van der Waals surface area contributed by atoms with Crippen LogP contribution in [0.25, 0.3) is 0 Å². The molecular formula is C15H30F3IN4. The van der Waals surface area contributed by atoms with Gasteiger partial charge in [0.05, 0.1) is 6.54 Å². The highest BCUT2D eigenvalue weighted by Gasteiger charge is 2.34. The van der Waals surface area contributed by atoms with Gasteiger partial charge in [-0.1, -0.05) is 26.7 Å². The standard InChI is InChI=1S/C15H29F3N4.HI/c1-4-12(5-2)8-20-14(19-3)21-9-13-6-7-22(10-13)11-15(16,17)18;/h12-13H,4-11H2,1-3H3,(H2,19,20,21);1H. The summed E-state index contributed by atoms with van der Waals surface area (Å²) in [6, 6.07) is 0. The Labute approximate surface area is 154 Å². The molecule has 8 heteroatoms. The largest absolute Gasteiger partial charge is 0.401 e. The fraction of sp³-hybridized carbons (Fsp3) is 0.933. The van der Waals surface area contributed by atoms with Crippen molar-refractivity contribution >= 4 is 29.9 Å². The lowest BCUT2D eigenvalue weighted by atomic mass is 10.0. The van der Waals surface area contributed by atoms with E-state index in [1.807, 2.05) is 0 Å². The predicted molar refractivity (Wildman–Crippen MR) is 99.5 cm³/mol. The van der Waals surface area contributed by atoms with Gasteiger partial charge in [-0.15, -0.1) is 24.0 Å². The van der Waals surface area contributed by atoms with Crippen molar-refractivity contribution in [1.29, 1.82) is 0 Å². The quantitative estimate of drug-likeness (QED) is 0.356. The zero-order chi connectivity index (χ0) is 16.6. The molecule has 0 aliphatic carbocycles. The van der Waals surface area contributed by atoms with E-state index >= 15 is 0 Å². The second-order valence-electron chi connectivity index (χ2n) is 6.02. The van der Waals surface area contributed by atoms with Gasteiger partial charge in [0.2, 0.25) is 0 Å². The van der Waals surface area contributed by atoms with Crippen LogP contribution in [0.15, 0.2) is 4.99 Å². The SMILES string of the molecule is CCC(CC)CNC(=NC)NCC1CCN(CC(F)(F)F)C1.I. The second kappa shape index (κ2) is 11.3. The molecule has 1 atom stereocenters. The third-order valence-corrected chi connectivity index (χ3v) is 4.27. The van der Waals surface area contributed by atoms with Crippen molar-refractivity contribution in [1.82, 2.24) is 15.5 Å². The first-order valence-corrected chi connectivity index (χ1v) is 8.11. The van der Waals surface area contributed by atoms with Crippen LogP contribution < -0.4 is 10.6 Å². The van der Waals surface area contributed by atoms with Gasteiger partial charge in [0.15, 0.2) is 5.96 Å². The maximum atomic E-state index is 12.4. The zero-order valence-corrected chi connectivity index (χ0v) is 16.6. The Balaban J connectivity index is 0.00000484. The molecule has 4 nitrogen and oxygen atoms in total. The number of hydrogen-bond acceptors (Lipinski definition) is 2. The van der Waals surface area contributed by atoms with Crippen LogP contribution in [0.2, 0.25) is 0 Å². The highest BCUT2D eigenvalue weighted by molar-refractivity contribution is 14.0. The van der Waals surface area contributed by atoms with E-state index in [9.17, 15) is 13.2 Å². The van der Waals surface area contributed by atoms with Crippen molar-refractivity contribution in [2.45, 2.75) is 39.3 Å². The fourth-order valence-corrected chi connectivity index (χ4v) is 2.76. The number of guanidine groups is 1. The molecule has 23 heavy (non-hydrogen) atoms. The van der Waals surface area contributed by atoms with Crippen molar-refractivity contribution in [3.63, 3.8) is 0 Å². The van der Waals surface area contributed by atoms with Gasteiger partial charge in [-0.3, -0.25) is 9.89 Å². The summed E-state index contributed by atoms with van der Waals surface area (Å²) in [5, 5.41) is 6.52. The van der Waals surface area contributed by atoms with E-state index in [2.05, 4.69) is 29.5 Å². The first-order chi connectivity index (χ1) is 10.4. The smallest absolute Gasteiger partial charge is 0.356 e. The minimum atomic E-state index is -4.10. The Morgan fingerprint density at radius 2 is 1.91 bits per heavy atom. The molecule has 0 saturated carbocycles. The van der Waals surface area contributed by atoms with Crippen LogP contribution in [0.4, 0.5) is 13.2 Å². The van der Waals surface area contributed by atoms with Crippen molar-refractivity contribution in [2.75, 3.05) is 39.8 Å². The first kappa shape index (κ1) is 22.8. The van der Waals surface area contributed by atoms with Crippen molar-refractivity contribution in [3.8, 4) is 0 Å². The molecular weight excluding hydrogens is 420 g/mol. The number of rotatable bonds is 7. The maximum Gasteiger partial charge on any atom is 0.401 e. The highest BCUT2D eigenvalue weighted by Crippen LogP contribution is 2.22. The van der Waals surface area contributed by atoms with E-state index in [0.29, 0.717) is 25.6 Å². The molecule has 0 spiro atoms. The summed E-state index contributed by atoms with van der Waals surface area (Å²) in [5.74, 6) is 1.60. The van der Waals surface area contributed by atoms with Gasteiger partial charge >= 0.3 is 6.18 Å². The van der Waals surface area contributed by atoms with Gasteiger partial charge in [0.25, 0.3) is 0 Å². The summed E-state index contributed by atoms with van der Waals surface area (Å²) < 4.78 is 37.1. The molecule has 0 amide bonds. The van der Waals surface area contributed by atoms with E-state index in [4.69, 9.17) is 0 Å². The van der Waals surface area contributed by atoms with Crippen molar-refractivity contribution in [3.05, 3.63) is 0 Å². The third-order valence-electron chi connectivity index (χ3n) is 4.27. The van der Waals surface area contributed by atoms with Crippen LogP contribution in [0, 0.1) is 11.8 Å². The van der Waals surface area contributed by atoms with E-state index in [-0.39, 0.29) is 29.9 Å². The van der Waals surface area contributed by atoms with Crippen LogP contribution in [-0.4, -0.2) is 56.8 Å². The molecule has 0 bridgehead atoms. The lowest BCUT2D eigenvalue weighted by molar-refractivity contribution is -0.143. The molecule has 1 fully saturated rings. The highest BCUT2D eigenvalue weighted by atomic mass is 127. The molecule has 1 rings (SSSR count). The Hall–Kier alpha value is -0.250. The molecule has 2 N–H and O–H groups in total. The van der Waals surface area contributed by atoms with Crippen LogP contribution in [0.1, 0.15) is 33.1 Å². The topological polar surface area (TPSA) is 39.7 Å². The average Bonchev–Trinajstić information content (AvgIpc) is 2.88. The summed E-state index contributed by atoms with van der Waals surface area (Å²) in [6.45, 7) is 6.08. The summed E-state index contributed by atoms with van der Waals surface area (Å²) in [6.07, 6.45) is -1.06. The first-order valence-electron chi connectivity index (χ1n) is 8.11. The number of likely N-dealkylation sites (tertiary alicyclic amines) is 1. The van der Waals surface area contributed by atoms with E-state index in [1.54, 1.807) is 7.05 Å². The molecule has 1 saturated heterocycles. The Morgan fingerprint density at radius 3 is 2.43 bits per heavy atom. The van der Waals surface area contributed by atoms with Gasteiger partial charge < -0.3 is 10.6 Å². The van der Waals surface area contributed by atoms with E-state index < -0.39 is 12.7 Å². The average molecular weight is 450 g/mol. The lowest BCUT2D eigenvalue weighted by Crippen LogP contribution is -2.42. The second-order valence-corrected chi connectivity index (χ2v) is 6.02. The lowest BCUT2D eigenvalue weighted by Gasteiger charge is -2.19.